The van der Waals surface area contributed by atoms with E-state index in [2.05, 4.69) is 47.7 Å². The summed E-state index contributed by atoms with van der Waals surface area (Å²) in [6.07, 6.45) is 6.03. The predicted octanol–water partition coefficient (Wildman–Crippen LogP) is 5.63. The van der Waals surface area contributed by atoms with Gasteiger partial charge in [-0.15, -0.1) is 0 Å². The van der Waals surface area contributed by atoms with Gasteiger partial charge in [0.25, 0.3) is 0 Å². The maximum absolute atomic E-state index is 13.3. The Morgan fingerprint density at radius 2 is 1.96 bits per heavy atom. The minimum Gasteiger partial charge on any atom is -0.318 e. The number of aryl methyl sites for hydroxylation is 1. The van der Waals surface area contributed by atoms with Crippen LogP contribution in [0.3, 0.4) is 0 Å². The molecule has 5 rings (SSSR count). The minimum atomic E-state index is -0.189. The van der Waals surface area contributed by atoms with Crippen molar-refractivity contribution in [2.75, 3.05) is 6.54 Å². The van der Waals surface area contributed by atoms with Gasteiger partial charge in [0.05, 0.1) is 5.52 Å². The average Bonchev–Trinajstić information content (AvgIpc) is 3.23. The fraction of sp³-hybridized carbons (Fsp3) is 0.333. The highest BCUT2D eigenvalue weighted by molar-refractivity contribution is 5.90. The van der Waals surface area contributed by atoms with Gasteiger partial charge < -0.3 is 4.57 Å². The van der Waals surface area contributed by atoms with Crippen molar-refractivity contribution in [1.82, 2.24) is 9.47 Å². The van der Waals surface area contributed by atoms with Crippen LogP contribution in [0.15, 0.2) is 42.5 Å². The lowest BCUT2D eigenvalue weighted by Gasteiger charge is -2.30. The van der Waals surface area contributed by atoms with Crippen LogP contribution in [0.4, 0.5) is 4.39 Å². The van der Waals surface area contributed by atoms with E-state index in [1.165, 1.54) is 59.2 Å². The molecule has 0 aliphatic carbocycles. The molecule has 138 valence electrons. The predicted molar refractivity (Wildman–Crippen MR) is 110 cm³/mol. The van der Waals surface area contributed by atoms with E-state index in [0.717, 1.165) is 24.1 Å². The van der Waals surface area contributed by atoms with Gasteiger partial charge >= 0.3 is 0 Å². The van der Waals surface area contributed by atoms with E-state index in [0.29, 0.717) is 6.04 Å². The first kappa shape index (κ1) is 16.8. The second-order valence-corrected chi connectivity index (χ2v) is 8.11. The first-order valence-corrected chi connectivity index (χ1v) is 9.91. The van der Waals surface area contributed by atoms with Crippen LogP contribution in [-0.4, -0.2) is 22.1 Å². The SMILES string of the molecule is CC(=Cn1c2c(c3cc(C)ccc31)CC1CCCN1C2)c1ccc(F)cc1. The van der Waals surface area contributed by atoms with Crippen molar-refractivity contribution in [2.45, 2.75) is 45.7 Å². The first-order chi connectivity index (χ1) is 13.1. The average molecular weight is 360 g/mol. The summed E-state index contributed by atoms with van der Waals surface area (Å²) in [5, 5.41) is 1.40. The molecular weight excluding hydrogens is 335 g/mol. The lowest BCUT2D eigenvalue weighted by atomic mass is 9.96. The molecule has 1 aromatic heterocycles. The molecule has 1 atom stereocenters. The van der Waals surface area contributed by atoms with Crippen LogP contribution in [-0.2, 0) is 13.0 Å². The van der Waals surface area contributed by atoms with Crippen LogP contribution in [0.25, 0.3) is 22.7 Å². The number of rotatable bonds is 2. The van der Waals surface area contributed by atoms with Crippen LogP contribution in [0.2, 0.25) is 0 Å². The zero-order valence-electron chi connectivity index (χ0n) is 16.0. The van der Waals surface area contributed by atoms with Gasteiger partial charge in [0, 0.05) is 29.9 Å². The quantitative estimate of drug-likeness (QED) is 0.575. The monoisotopic (exact) mass is 360 g/mol. The highest BCUT2D eigenvalue weighted by Crippen LogP contribution is 2.37. The normalized spacial score (nSPS) is 20.1. The molecule has 0 N–H and O–H groups in total. The third-order valence-corrected chi connectivity index (χ3v) is 6.29. The standard InChI is InChI=1S/C24H25FN2/c1-16-5-10-23-21(12-16)22-13-20-4-3-11-26(20)15-24(22)27(23)14-17(2)18-6-8-19(25)9-7-18/h5-10,12,14,20H,3-4,11,13,15H2,1-2H3. The van der Waals surface area contributed by atoms with Crippen LogP contribution >= 0.6 is 0 Å². The van der Waals surface area contributed by atoms with Crippen LogP contribution in [0, 0.1) is 12.7 Å². The Bertz CT molecular complexity index is 1040. The van der Waals surface area contributed by atoms with Gasteiger partial charge in [-0.1, -0.05) is 23.8 Å². The second-order valence-electron chi connectivity index (χ2n) is 8.11. The van der Waals surface area contributed by atoms with Crippen molar-refractivity contribution >= 4 is 22.7 Å². The molecule has 3 aromatic rings. The second kappa shape index (κ2) is 6.35. The number of nitrogens with zero attached hydrogens (tertiary/aromatic N) is 2. The number of hydrogen-bond acceptors (Lipinski definition) is 1. The van der Waals surface area contributed by atoms with Crippen LogP contribution in [0.1, 0.15) is 42.1 Å². The number of allylic oxidation sites excluding steroid dienone is 1. The molecule has 3 heterocycles. The van der Waals surface area contributed by atoms with Crippen molar-refractivity contribution in [3.05, 3.63) is 70.7 Å². The van der Waals surface area contributed by atoms with Crippen molar-refractivity contribution in [3.63, 3.8) is 0 Å². The smallest absolute Gasteiger partial charge is 0.123 e. The molecule has 2 aliphatic heterocycles. The lowest BCUT2D eigenvalue weighted by molar-refractivity contribution is 0.224. The molecule has 3 heteroatoms. The van der Waals surface area contributed by atoms with Gasteiger partial charge in [-0.05, 0) is 80.6 Å². The Morgan fingerprint density at radius 1 is 1.15 bits per heavy atom. The zero-order valence-corrected chi connectivity index (χ0v) is 16.0. The minimum absolute atomic E-state index is 0.189. The van der Waals surface area contributed by atoms with Gasteiger partial charge in [-0.2, -0.15) is 0 Å². The fourth-order valence-electron chi connectivity index (χ4n) is 4.84. The summed E-state index contributed by atoms with van der Waals surface area (Å²) >= 11 is 0. The number of fused-ring (bicyclic) bond motifs is 4. The van der Waals surface area contributed by atoms with E-state index in [1.807, 2.05) is 12.1 Å². The summed E-state index contributed by atoms with van der Waals surface area (Å²) in [7, 11) is 0. The lowest BCUT2D eigenvalue weighted by Crippen LogP contribution is -2.35. The van der Waals surface area contributed by atoms with Gasteiger partial charge in [-0.25, -0.2) is 4.39 Å². The van der Waals surface area contributed by atoms with Gasteiger partial charge in [0.15, 0.2) is 0 Å². The van der Waals surface area contributed by atoms with Gasteiger partial charge in [-0.3, -0.25) is 4.90 Å². The maximum Gasteiger partial charge on any atom is 0.123 e. The Hall–Kier alpha value is -2.39. The highest BCUT2D eigenvalue weighted by Gasteiger charge is 2.33. The maximum atomic E-state index is 13.3. The Morgan fingerprint density at radius 3 is 2.78 bits per heavy atom. The van der Waals surface area contributed by atoms with Crippen molar-refractivity contribution in [1.29, 1.82) is 0 Å². The van der Waals surface area contributed by atoms with Gasteiger partial charge in [0.2, 0.25) is 0 Å². The van der Waals surface area contributed by atoms with Crippen molar-refractivity contribution < 1.29 is 4.39 Å². The first-order valence-electron chi connectivity index (χ1n) is 9.91. The van der Waals surface area contributed by atoms with E-state index in [4.69, 9.17) is 0 Å². The van der Waals surface area contributed by atoms with Gasteiger partial charge in [0.1, 0.15) is 5.82 Å². The molecule has 0 saturated carbocycles. The number of aromatic nitrogens is 1. The largest absolute Gasteiger partial charge is 0.318 e. The molecule has 0 radical (unpaired) electrons. The number of halogens is 1. The Kier molecular flexibility index (Phi) is 3.94. The molecule has 2 aliphatic rings. The molecule has 1 fully saturated rings. The Labute approximate surface area is 159 Å². The van der Waals surface area contributed by atoms with Crippen molar-refractivity contribution in [2.24, 2.45) is 0 Å². The molecule has 1 unspecified atom stereocenters. The van der Waals surface area contributed by atoms with E-state index in [-0.39, 0.29) is 5.82 Å². The molecule has 0 bridgehead atoms. The van der Waals surface area contributed by atoms with Crippen LogP contribution < -0.4 is 0 Å². The fourth-order valence-corrected chi connectivity index (χ4v) is 4.84. The molecule has 1 saturated heterocycles. The summed E-state index contributed by atoms with van der Waals surface area (Å²) < 4.78 is 15.7. The third kappa shape index (κ3) is 2.81. The molecule has 0 spiro atoms. The summed E-state index contributed by atoms with van der Waals surface area (Å²) in [4.78, 5) is 2.64. The number of benzene rings is 2. The zero-order chi connectivity index (χ0) is 18.5. The molecule has 2 aromatic carbocycles. The highest BCUT2D eigenvalue weighted by atomic mass is 19.1. The van der Waals surface area contributed by atoms with E-state index in [9.17, 15) is 4.39 Å². The van der Waals surface area contributed by atoms with Crippen molar-refractivity contribution in [3.8, 4) is 0 Å². The molecule has 2 nitrogen and oxygen atoms in total. The van der Waals surface area contributed by atoms with E-state index >= 15 is 0 Å². The molecule has 27 heavy (non-hydrogen) atoms. The summed E-state index contributed by atoms with van der Waals surface area (Å²) in [5.41, 5.74) is 7.77. The Balaban J connectivity index is 1.67. The van der Waals surface area contributed by atoms with E-state index in [1.54, 1.807) is 0 Å². The third-order valence-electron chi connectivity index (χ3n) is 6.29. The summed E-state index contributed by atoms with van der Waals surface area (Å²) in [6.45, 7) is 6.53. The van der Waals surface area contributed by atoms with Crippen LogP contribution in [0.5, 0.6) is 0 Å². The summed E-state index contributed by atoms with van der Waals surface area (Å²) in [6, 6.07) is 14.3. The molecule has 0 amide bonds. The molecular formula is C24H25FN2. The topological polar surface area (TPSA) is 8.17 Å². The van der Waals surface area contributed by atoms with E-state index < -0.39 is 0 Å². The number of hydrogen-bond donors (Lipinski definition) is 0. The summed E-state index contributed by atoms with van der Waals surface area (Å²) in [5.74, 6) is -0.189.